The van der Waals surface area contributed by atoms with Crippen LogP contribution in [0.15, 0.2) is 57.9 Å². The van der Waals surface area contributed by atoms with Crippen LogP contribution in [-0.4, -0.2) is 31.6 Å². The summed E-state index contributed by atoms with van der Waals surface area (Å²) in [4.78, 5) is 25.1. The van der Waals surface area contributed by atoms with Gasteiger partial charge in [0.1, 0.15) is 5.92 Å². The number of anilines is 1. The van der Waals surface area contributed by atoms with Crippen LogP contribution in [0.2, 0.25) is 0 Å². The first-order valence-corrected chi connectivity index (χ1v) is 9.24. The van der Waals surface area contributed by atoms with E-state index in [2.05, 4.69) is 21.2 Å². The van der Waals surface area contributed by atoms with Crippen LogP contribution in [0.1, 0.15) is 11.5 Å². The number of hydrogen-bond donors (Lipinski definition) is 1. The summed E-state index contributed by atoms with van der Waals surface area (Å²) >= 11 is 3.30. The molecule has 2 amide bonds. The summed E-state index contributed by atoms with van der Waals surface area (Å²) in [5.41, 5.74) is 0.708. The molecule has 0 fully saturated rings. The number of hydrogen-bond acceptors (Lipinski definition) is 4. The number of nitrogens with one attached hydrogen (secondary N) is 1. The molecule has 0 aliphatic carbocycles. The summed E-state index contributed by atoms with van der Waals surface area (Å²) in [5, 5.41) is 2.66. The van der Waals surface area contributed by atoms with Gasteiger partial charge in [-0.25, -0.2) is 12.7 Å². The fraction of sp³-hybridized carbons (Fsp3) is 0.125. The molecule has 6 nitrogen and oxygen atoms in total. The Balaban J connectivity index is 2.02. The second-order valence-corrected chi connectivity index (χ2v) is 8.13. The normalized spacial score (nSPS) is 18.8. The molecule has 0 radical (unpaired) electrons. The predicted molar refractivity (Wildman–Crippen MR) is 91.9 cm³/mol. The van der Waals surface area contributed by atoms with Gasteiger partial charge in [0.05, 0.1) is 4.90 Å². The highest BCUT2D eigenvalue weighted by Gasteiger charge is 2.44. The minimum Gasteiger partial charge on any atom is -0.325 e. The van der Waals surface area contributed by atoms with Crippen molar-refractivity contribution in [1.82, 2.24) is 4.31 Å². The maximum absolute atomic E-state index is 12.6. The van der Waals surface area contributed by atoms with E-state index in [0.717, 1.165) is 11.5 Å². The Morgan fingerprint density at radius 2 is 1.75 bits per heavy atom. The molecule has 0 bridgehead atoms. The van der Waals surface area contributed by atoms with Gasteiger partial charge in [-0.15, -0.1) is 0 Å². The zero-order chi connectivity index (χ0) is 17.5. The Bertz CT molecular complexity index is 925. The van der Waals surface area contributed by atoms with Crippen LogP contribution in [-0.2, 0) is 19.6 Å². The highest BCUT2D eigenvalue weighted by Crippen LogP contribution is 2.34. The summed E-state index contributed by atoms with van der Waals surface area (Å²) in [5.74, 6) is -2.56. The molecule has 1 atom stereocenters. The lowest BCUT2D eigenvalue weighted by Crippen LogP contribution is -2.45. The third kappa shape index (κ3) is 2.71. The number of nitrogens with zero attached hydrogens (tertiary/aromatic N) is 1. The predicted octanol–water partition coefficient (Wildman–Crippen LogP) is 2.33. The molecule has 3 rings (SSSR count). The molecule has 1 heterocycles. The lowest BCUT2D eigenvalue weighted by atomic mass is 9.96. The number of carbonyl (C=O) groups is 2. The molecule has 0 aromatic heterocycles. The van der Waals surface area contributed by atoms with E-state index in [1.165, 1.54) is 12.1 Å². The van der Waals surface area contributed by atoms with Gasteiger partial charge < -0.3 is 5.32 Å². The summed E-state index contributed by atoms with van der Waals surface area (Å²) < 4.78 is 26.2. The van der Waals surface area contributed by atoms with E-state index < -0.39 is 27.8 Å². The smallest absolute Gasteiger partial charge is 0.266 e. The molecular formula is C16H13BrN2O4S. The van der Waals surface area contributed by atoms with Gasteiger partial charge in [0.2, 0.25) is 5.91 Å². The molecule has 1 aliphatic heterocycles. The first kappa shape index (κ1) is 16.7. The van der Waals surface area contributed by atoms with Crippen molar-refractivity contribution in [3.63, 3.8) is 0 Å². The monoisotopic (exact) mass is 408 g/mol. The van der Waals surface area contributed by atoms with Gasteiger partial charge in [0.25, 0.3) is 15.9 Å². The third-order valence-corrected chi connectivity index (χ3v) is 6.16. The van der Waals surface area contributed by atoms with Crippen molar-refractivity contribution in [2.75, 3.05) is 12.4 Å². The minimum absolute atomic E-state index is 0.0249. The number of rotatable bonds is 2. The molecule has 0 saturated heterocycles. The Morgan fingerprint density at radius 1 is 1.12 bits per heavy atom. The van der Waals surface area contributed by atoms with Crippen molar-refractivity contribution in [3.8, 4) is 0 Å². The summed E-state index contributed by atoms with van der Waals surface area (Å²) in [6.45, 7) is 0. The van der Waals surface area contributed by atoms with Gasteiger partial charge in [-0.3, -0.25) is 9.59 Å². The maximum Gasteiger partial charge on any atom is 0.266 e. The van der Waals surface area contributed by atoms with Crippen molar-refractivity contribution in [2.45, 2.75) is 10.8 Å². The molecule has 1 N–H and O–H groups in total. The molecule has 2 aromatic rings. The van der Waals surface area contributed by atoms with Crippen LogP contribution in [0, 0.1) is 0 Å². The van der Waals surface area contributed by atoms with E-state index in [0.29, 0.717) is 9.99 Å². The number of fused-ring (bicyclic) bond motifs is 1. The molecule has 0 saturated carbocycles. The van der Waals surface area contributed by atoms with E-state index >= 15 is 0 Å². The van der Waals surface area contributed by atoms with Gasteiger partial charge in [0, 0.05) is 17.2 Å². The van der Waals surface area contributed by atoms with Gasteiger partial charge in [-0.2, -0.15) is 0 Å². The first-order valence-electron chi connectivity index (χ1n) is 7.00. The van der Waals surface area contributed by atoms with Gasteiger partial charge >= 0.3 is 0 Å². The highest BCUT2D eigenvalue weighted by molar-refractivity contribution is 9.10. The summed E-state index contributed by atoms with van der Waals surface area (Å²) in [6.07, 6.45) is 0. The first-order chi connectivity index (χ1) is 11.3. The van der Waals surface area contributed by atoms with Crippen molar-refractivity contribution >= 4 is 43.5 Å². The number of amides is 2. The average molecular weight is 409 g/mol. The van der Waals surface area contributed by atoms with Crippen LogP contribution in [0.4, 0.5) is 5.69 Å². The largest absolute Gasteiger partial charge is 0.325 e. The molecule has 2 aromatic carbocycles. The Labute approximate surface area is 147 Å². The molecule has 1 aliphatic rings. The summed E-state index contributed by atoms with van der Waals surface area (Å²) in [6, 6.07) is 12.9. The van der Waals surface area contributed by atoms with Crippen LogP contribution < -0.4 is 5.32 Å². The van der Waals surface area contributed by atoms with Crippen LogP contribution in [0.5, 0.6) is 0 Å². The fourth-order valence-corrected chi connectivity index (χ4v) is 4.17. The van der Waals surface area contributed by atoms with E-state index in [9.17, 15) is 18.0 Å². The number of halogens is 1. The number of carbonyl (C=O) groups excluding carboxylic acids is 2. The van der Waals surface area contributed by atoms with E-state index in [1.807, 2.05) is 0 Å². The van der Waals surface area contributed by atoms with Crippen LogP contribution >= 0.6 is 15.9 Å². The average Bonchev–Trinajstić information content (AvgIpc) is 2.55. The van der Waals surface area contributed by atoms with Crippen LogP contribution in [0.25, 0.3) is 0 Å². The molecule has 24 heavy (non-hydrogen) atoms. The minimum atomic E-state index is -3.92. The Hall–Kier alpha value is -2.19. The van der Waals surface area contributed by atoms with E-state index in [4.69, 9.17) is 0 Å². The van der Waals surface area contributed by atoms with Crippen molar-refractivity contribution in [1.29, 1.82) is 0 Å². The Morgan fingerprint density at radius 3 is 2.42 bits per heavy atom. The quantitative estimate of drug-likeness (QED) is 0.772. The third-order valence-electron chi connectivity index (χ3n) is 3.80. The number of likely N-dealkylation sites (N-methyl/N-ethyl adjacent to an activating group) is 1. The summed E-state index contributed by atoms with van der Waals surface area (Å²) in [7, 11) is -2.76. The molecule has 8 heteroatoms. The maximum atomic E-state index is 12.6. The van der Waals surface area contributed by atoms with Gasteiger partial charge in [-0.05, 0) is 35.9 Å². The topological polar surface area (TPSA) is 83.6 Å². The van der Waals surface area contributed by atoms with Crippen LogP contribution in [0.3, 0.4) is 0 Å². The number of benzene rings is 2. The number of sulfonamides is 1. The lowest BCUT2D eigenvalue weighted by Gasteiger charge is -2.30. The second-order valence-electron chi connectivity index (χ2n) is 5.28. The lowest BCUT2D eigenvalue weighted by molar-refractivity contribution is -0.132. The van der Waals surface area contributed by atoms with Gasteiger partial charge in [0.15, 0.2) is 0 Å². The zero-order valence-corrected chi connectivity index (χ0v) is 15.0. The SMILES string of the molecule is CN1C(=O)C(C(=O)Nc2ccc(Br)cc2)c2ccccc2S1(=O)=O. The molecule has 124 valence electrons. The highest BCUT2D eigenvalue weighted by atomic mass is 79.9. The van der Waals surface area contributed by atoms with Crippen molar-refractivity contribution < 1.29 is 18.0 Å². The van der Waals surface area contributed by atoms with Crippen molar-refractivity contribution in [2.24, 2.45) is 0 Å². The zero-order valence-electron chi connectivity index (χ0n) is 12.6. The standard InChI is InChI=1S/C16H13BrN2O4S/c1-19-16(21)14(12-4-2-3-5-13(12)24(19,22)23)15(20)18-11-8-6-10(17)7-9-11/h2-9,14H,1H3,(H,18,20). The molecule has 1 unspecified atom stereocenters. The van der Waals surface area contributed by atoms with E-state index in [-0.39, 0.29) is 10.5 Å². The van der Waals surface area contributed by atoms with E-state index in [1.54, 1.807) is 36.4 Å². The fourth-order valence-electron chi connectivity index (χ4n) is 2.54. The van der Waals surface area contributed by atoms with Crippen molar-refractivity contribution in [3.05, 3.63) is 58.6 Å². The molecule has 0 spiro atoms. The second kappa shape index (κ2) is 6.03. The molecular weight excluding hydrogens is 396 g/mol. The van der Waals surface area contributed by atoms with Gasteiger partial charge in [-0.1, -0.05) is 34.1 Å². The Kier molecular flexibility index (Phi) is 4.18.